The molecular formula is C27H32N4O2. The maximum atomic E-state index is 13.2. The Labute approximate surface area is 196 Å². The highest BCUT2D eigenvalue weighted by Gasteiger charge is 2.25. The summed E-state index contributed by atoms with van der Waals surface area (Å²) in [6.45, 7) is 3.33. The van der Waals surface area contributed by atoms with Crippen molar-refractivity contribution >= 4 is 17.6 Å². The lowest BCUT2D eigenvalue weighted by Crippen LogP contribution is -2.39. The monoisotopic (exact) mass is 444 g/mol. The molecule has 1 heterocycles. The molecule has 1 saturated heterocycles. The van der Waals surface area contributed by atoms with Crippen LogP contribution in [0, 0.1) is 18.3 Å². The normalized spacial score (nSPS) is 17.3. The van der Waals surface area contributed by atoms with Gasteiger partial charge in [-0.1, -0.05) is 37.5 Å². The molecule has 0 atom stereocenters. The van der Waals surface area contributed by atoms with Crippen molar-refractivity contribution in [2.75, 3.05) is 18.4 Å². The Bertz CT molecular complexity index is 1030. The number of nitrogens with one attached hydrogen (secondary N) is 2. The topological polar surface area (TPSA) is 85.2 Å². The number of rotatable bonds is 4. The van der Waals surface area contributed by atoms with Gasteiger partial charge in [0.2, 0.25) is 0 Å². The molecule has 0 spiro atoms. The Morgan fingerprint density at radius 1 is 0.970 bits per heavy atom. The number of amides is 3. The molecule has 2 aromatic rings. The van der Waals surface area contributed by atoms with E-state index in [1.165, 1.54) is 12.0 Å². The van der Waals surface area contributed by atoms with Gasteiger partial charge < -0.3 is 15.5 Å². The number of nitrogens with zero attached hydrogens (tertiary/aromatic N) is 2. The van der Waals surface area contributed by atoms with Gasteiger partial charge in [-0.2, -0.15) is 5.26 Å². The van der Waals surface area contributed by atoms with E-state index < -0.39 is 0 Å². The molecule has 2 aliphatic rings. The summed E-state index contributed by atoms with van der Waals surface area (Å²) < 4.78 is 0. The zero-order valence-electron chi connectivity index (χ0n) is 19.3. The SMILES string of the molecule is Cc1ccc(C(=O)N2CCC(c3ccc(C#N)cc3)CC2)cc1NC(=O)NC1CCCCC1. The average molecular weight is 445 g/mol. The lowest BCUT2D eigenvalue weighted by Gasteiger charge is -2.32. The van der Waals surface area contributed by atoms with E-state index in [0.29, 0.717) is 35.8 Å². The summed E-state index contributed by atoms with van der Waals surface area (Å²) in [5.74, 6) is 0.407. The highest BCUT2D eigenvalue weighted by atomic mass is 16.2. The second-order valence-corrected chi connectivity index (χ2v) is 9.26. The van der Waals surface area contributed by atoms with Crippen LogP contribution >= 0.6 is 0 Å². The number of carbonyl (C=O) groups excluding carboxylic acids is 2. The van der Waals surface area contributed by atoms with Crippen molar-refractivity contribution in [3.8, 4) is 6.07 Å². The molecule has 0 radical (unpaired) electrons. The Hall–Kier alpha value is -3.33. The molecule has 2 N–H and O–H groups in total. The van der Waals surface area contributed by atoms with Crippen LogP contribution in [0.15, 0.2) is 42.5 Å². The predicted molar refractivity (Wildman–Crippen MR) is 129 cm³/mol. The minimum absolute atomic E-state index is 0.00372. The van der Waals surface area contributed by atoms with Crippen LogP contribution in [-0.4, -0.2) is 36.0 Å². The maximum Gasteiger partial charge on any atom is 0.319 e. The smallest absolute Gasteiger partial charge is 0.319 e. The van der Waals surface area contributed by atoms with Gasteiger partial charge in [0.05, 0.1) is 11.6 Å². The second-order valence-electron chi connectivity index (χ2n) is 9.26. The largest absolute Gasteiger partial charge is 0.339 e. The van der Waals surface area contributed by atoms with Crippen LogP contribution in [0.25, 0.3) is 0 Å². The van der Waals surface area contributed by atoms with Crippen molar-refractivity contribution in [2.24, 2.45) is 0 Å². The highest BCUT2D eigenvalue weighted by Crippen LogP contribution is 2.29. The molecule has 0 unspecified atom stereocenters. The zero-order chi connectivity index (χ0) is 23.2. The van der Waals surface area contributed by atoms with Crippen LogP contribution < -0.4 is 10.6 Å². The molecule has 0 bridgehead atoms. The van der Waals surface area contributed by atoms with Crippen molar-refractivity contribution in [2.45, 2.75) is 63.8 Å². The first-order valence-corrected chi connectivity index (χ1v) is 12.0. The fourth-order valence-corrected chi connectivity index (χ4v) is 4.91. The third-order valence-electron chi connectivity index (χ3n) is 6.97. The van der Waals surface area contributed by atoms with Crippen molar-refractivity contribution in [1.29, 1.82) is 5.26 Å². The zero-order valence-corrected chi connectivity index (χ0v) is 19.3. The number of anilines is 1. The Morgan fingerprint density at radius 3 is 2.33 bits per heavy atom. The maximum absolute atomic E-state index is 13.2. The van der Waals surface area contributed by atoms with E-state index in [2.05, 4.69) is 16.7 Å². The molecule has 2 aromatic carbocycles. The number of hydrogen-bond donors (Lipinski definition) is 2. The lowest BCUT2D eigenvalue weighted by atomic mass is 9.89. The number of urea groups is 1. The number of likely N-dealkylation sites (tertiary alicyclic amines) is 1. The van der Waals surface area contributed by atoms with Crippen molar-refractivity contribution in [3.63, 3.8) is 0 Å². The Balaban J connectivity index is 1.35. The van der Waals surface area contributed by atoms with Crippen molar-refractivity contribution in [1.82, 2.24) is 10.2 Å². The van der Waals surface area contributed by atoms with Gasteiger partial charge in [-0.25, -0.2) is 4.79 Å². The van der Waals surface area contributed by atoms with Crippen LogP contribution in [0.1, 0.15) is 77.9 Å². The summed E-state index contributed by atoms with van der Waals surface area (Å²) >= 11 is 0. The van der Waals surface area contributed by atoms with Gasteiger partial charge in [0.15, 0.2) is 0 Å². The number of hydrogen-bond acceptors (Lipinski definition) is 3. The third-order valence-corrected chi connectivity index (χ3v) is 6.97. The fourth-order valence-electron chi connectivity index (χ4n) is 4.91. The fraction of sp³-hybridized carbons (Fsp3) is 0.444. The van der Waals surface area contributed by atoms with Crippen LogP contribution in [0.5, 0.6) is 0 Å². The summed E-state index contributed by atoms with van der Waals surface area (Å²) in [7, 11) is 0. The van der Waals surface area contributed by atoms with Gasteiger partial charge in [-0.05, 0) is 73.9 Å². The minimum Gasteiger partial charge on any atom is -0.339 e. The van der Waals surface area contributed by atoms with Crippen molar-refractivity contribution in [3.05, 3.63) is 64.7 Å². The second kappa shape index (κ2) is 10.5. The molecule has 2 fully saturated rings. The molecular weight excluding hydrogens is 412 g/mol. The number of benzene rings is 2. The van der Waals surface area contributed by atoms with E-state index in [4.69, 9.17) is 5.26 Å². The molecule has 33 heavy (non-hydrogen) atoms. The Kier molecular flexibility index (Phi) is 7.29. The number of nitriles is 1. The quantitative estimate of drug-likeness (QED) is 0.667. The van der Waals surface area contributed by atoms with E-state index in [-0.39, 0.29) is 18.0 Å². The standard InChI is InChI=1S/C27H32N4O2/c1-19-7-10-23(17-25(19)30-27(33)29-24-5-3-2-4-6-24)26(32)31-15-13-22(14-16-31)21-11-8-20(18-28)9-12-21/h7-12,17,22,24H,2-6,13-16H2,1H3,(H2,29,30,33). The molecule has 172 valence electrons. The molecule has 6 heteroatoms. The van der Waals surface area contributed by atoms with Gasteiger partial charge in [-0.3, -0.25) is 4.79 Å². The number of aryl methyl sites for hydroxylation is 1. The van der Waals surface area contributed by atoms with Gasteiger partial charge in [0.25, 0.3) is 5.91 Å². The van der Waals surface area contributed by atoms with Crippen LogP contribution in [-0.2, 0) is 0 Å². The molecule has 1 saturated carbocycles. The van der Waals surface area contributed by atoms with Gasteiger partial charge >= 0.3 is 6.03 Å². The first-order valence-electron chi connectivity index (χ1n) is 12.0. The lowest BCUT2D eigenvalue weighted by molar-refractivity contribution is 0.0713. The van der Waals surface area contributed by atoms with Gasteiger partial charge in [0.1, 0.15) is 0 Å². The molecule has 0 aromatic heterocycles. The van der Waals surface area contributed by atoms with Crippen molar-refractivity contribution < 1.29 is 9.59 Å². The molecule has 4 rings (SSSR count). The van der Waals surface area contributed by atoms with Gasteiger partial charge in [-0.15, -0.1) is 0 Å². The third kappa shape index (κ3) is 5.73. The predicted octanol–water partition coefficient (Wildman–Crippen LogP) is 5.34. The van der Waals surface area contributed by atoms with Gasteiger partial charge in [0, 0.05) is 30.4 Å². The summed E-state index contributed by atoms with van der Waals surface area (Å²) in [6.07, 6.45) is 7.43. The minimum atomic E-state index is -0.196. The van der Waals surface area contributed by atoms with E-state index in [1.54, 1.807) is 6.07 Å². The van der Waals surface area contributed by atoms with Crippen LogP contribution in [0.4, 0.5) is 10.5 Å². The summed E-state index contributed by atoms with van der Waals surface area (Å²) in [6, 6.07) is 15.5. The van der Waals surface area contributed by atoms with E-state index in [9.17, 15) is 9.59 Å². The molecule has 1 aliphatic carbocycles. The van der Waals surface area contributed by atoms with Crippen LogP contribution in [0.3, 0.4) is 0 Å². The van der Waals surface area contributed by atoms with Crippen LogP contribution in [0.2, 0.25) is 0 Å². The summed E-state index contributed by atoms with van der Waals surface area (Å²) in [5.41, 5.74) is 4.12. The average Bonchev–Trinajstić information content (AvgIpc) is 2.86. The molecule has 6 nitrogen and oxygen atoms in total. The van der Waals surface area contributed by atoms with E-state index in [0.717, 1.165) is 44.1 Å². The first kappa shape index (κ1) is 22.8. The van der Waals surface area contributed by atoms with E-state index >= 15 is 0 Å². The highest BCUT2D eigenvalue weighted by molar-refractivity contribution is 5.97. The summed E-state index contributed by atoms with van der Waals surface area (Å²) in [4.78, 5) is 27.5. The number of piperidine rings is 1. The van der Waals surface area contributed by atoms with E-state index in [1.807, 2.05) is 48.2 Å². The molecule has 3 amide bonds. The number of carbonyl (C=O) groups is 2. The Morgan fingerprint density at radius 2 is 1.67 bits per heavy atom. The summed E-state index contributed by atoms with van der Waals surface area (Å²) in [5, 5.41) is 15.0. The first-order chi connectivity index (χ1) is 16.0. The molecule has 1 aliphatic heterocycles.